The second-order valence-corrected chi connectivity index (χ2v) is 5.35. The molecule has 2 rings (SSSR count). The first kappa shape index (κ1) is 13.9. The zero-order chi connectivity index (χ0) is 13.3. The fourth-order valence-corrected chi connectivity index (χ4v) is 2.55. The maximum Gasteiger partial charge on any atom is 0.0880 e. The van der Waals surface area contributed by atoms with Crippen molar-refractivity contribution >= 4 is 17.8 Å². The van der Waals surface area contributed by atoms with E-state index in [1.807, 2.05) is 48.5 Å². The molecule has 2 aromatic rings. The lowest BCUT2D eigenvalue weighted by Crippen LogP contribution is -2.00. The predicted molar refractivity (Wildman–Crippen MR) is 84.2 cm³/mol. The van der Waals surface area contributed by atoms with Crippen LogP contribution in [0, 0.1) is 0 Å². The number of hydrogen-bond acceptors (Lipinski definition) is 2. The topological polar surface area (TPSA) is 20.2 Å². The number of benzene rings is 2. The summed E-state index contributed by atoms with van der Waals surface area (Å²) < 4.78 is 0. The Hall–Kier alpha value is -1.51. The van der Waals surface area contributed by atoms with Gasteiger partial charge in [0.05, 0.1) is 6.10 Å². The Kier molecular flexibility index (Phi) is 5.73. The first-order valence-electron chi connectivity index (χ1n) is 6.38. The first-order valence-corrected chi connectivity index (χ1v) is 7.54. The molecule has 0 spiro atoms. The minimum Gasteiger partial charge on any atom is -0.388 e. The molecule has 0 saturated carbocycles. The molecule has 0 aliphatic rings. The second-order valence-electron chi connectivity index (χ2n) is 4.28. The van der Waals surface area contributed by atoms with E-state index in [4.69, 9.17) is 0 Å². The molecule has 1 N–H and O–H groups in total. The monoisotopic (exact) mass is 270 g/mol. The van der Waals surface area contributed by atoms with Crippen LogP contribution in [0.5, 0.6) is 0 Å². The smallest absolute Gasteiger partial charge is 0.0880 e. The van der Waals surface area contributed by atoms with Crippen molar-refractivity contribution in [3.63, 3.8) is 0 Å². The van der Waals surface area contributed by atoms with E-state index in [1.165, 1.54) is 5.56 Å². The number of aliphatic hydroxyl groups is 1. The Balaban J connectivity index is 1.71. The van der Waals surface area contributed by atoms with Gasteiger partial charge in [0.15, 0.2) is 0 Å². The molecule has 0 aromatic heterocycles. The van der Waals surface area contributed by atoms with Crippen molar-refractivity contribution in [2.75, 3.05) is 11.5 Å². The van der Waals surface area contributed by atoms with Crippen LogP contribution in [0.1, 0.15) is 17.2 Å². The molecule has 0 amide bonds. The molecule has 0 bridgehead atoms. The van der Waals surface area contributed by atoms with Gasteiger partial charge in [-0.3, -0.25) is 0 Å². The third-order valence-corrected chi connectivity index (χ3v) is 3.76. The van der Waals surface area contributed by atoms with Crippen LogP contribution in [0.3, 0.4) is 0 Å². The quantitative estimate of drug-likeness (QED) is 0.795. The third-order valence-electron chi connectivity index (χ3n) is 2.78. The van der Waals surface area contributed by atoms with E-state index in [1.54, 1.807) is 11.8 Å². The number of aliphatic hydroxyl groups excluding tert-OH is 1. The van der Waals surface area contributed by atoms with Gasteiger partial charge in [0.2, 0.25) is 0 Å². The van der Waals surface area contributed by atoms with Gasteiger partial charge in [-0.25, -0.2) is 0 Å². The van der Waals surface area contributed by atoms with E-state index in [2.05, 4.69) is 24.3 Å². The zero-order valence-corrected chi connectivity index (χ0v) is 11.6. The summed E-state index contributed by atoms with van der Waals surface area (Å²) in [5.74, 6) is 1.64. The second kappa shape index (κ2) is 7.82. The standard InChI is InChI=1S/C17H18OS/c18-17(16-11-5-2-6-12-16)14-19-13-7-10-15-8-3-1-4-9-15/h1-12,17-18H,13-14H2/b10-7-/t17-/m0/s1. The van der Waals surface area contributed by atoms with Crippen LogP contribution in [-0.4, -0.2) is 16.6 Å². The summed E-state index contributed by atoms with van der Waals surface area (Å²) in [6.45, 7) is 0. The van der Waals surface area contributed by atoms with Gasteiger partial charge in [-0.05, 0) is 11.1 Å². The van der Waals surface area contributed by atoms with Crippen molar-refractivity contribution in [2.45, 2.75) is 6.10 Å². The Morgan fingerprint density at radius 3 is 2.26 bits per heavy atom. The van der Waals surface area contributed by atoms with Crippen molar-refractivity contribution in [1.29, 1.82) is 0 Å². The Labute approximate surface area is 119 Å². The van der Waals surface area contributed by atoms with E-state index < -0.39 is 0 Å². The van der Waals surface area contributed by atoms with Gasteiger partial charge in [0.25, 0.3) is 0 Å². The molecule has 1 atom stereocenters. The summed E-state index contributed by atoms with van der Waals surface area (Å²) in [7, 11) is 0. The van der Waals surface area contributed by atoms with Gasteiger partial charge < -0.3 is 5.11 Å². The molecular weight excluding hydrogens is 252 g/mol. The van der Waals surface area contributed by atoms with Gasteiger partial charge in [0.1, 0.15) is 0 Å². The van der Waals surface area contributed by atoms with Crippen LogP contribution in [0.2, 0.25) is 0 Å². The molecule has 19 heavy (non-hydrogen) atoms. The lowest BCUT2D eigenvalue weighted by molar-refractivity contribution is 0.204. The summed E-state index contributed by atoms with van der Waals surface area (Å²) in [5, 5.41) is 9.99. The number of hydrogen-bond donors (Lipinski definition) is 1. The molecule has 0 aliphatic heterocycles. The minimum atomic E-state index is -0.378. The highest BCUT2D eigenvalue weighted by Gasteiger charge is 2.05. The lowest BCUT2D eigenvalue weighted by atomic mass is 10.1. The Morgan fingerprint density at radius 1 is 0.947 bits per heavy atom. The fourth-order valence-electron chi connectivity index (χ4n) is 1.77. The highest BCUT2D eigenvalue weighted by Crippen LogP contribution is 2.18. The van der Waals surface area contributed by atoms with Crippen molar-refractivity contribution in [3.8, 4) is 0 Å². The average Bonchev–Trinajstić information content (AvgIpc) is 2.49. The molecule has 2 aromatic carbocycles. The maximum absolute atomic E-state index is 9.99. The number of thioether (sulfide) groups is 1. The van der Waals surface area contributed by atoms with Gasteiger partial charge >= 0.3 is 0 Å². The van der Waals surface area contributed by atoms with E-state index in [9.17, 15) is 5.11 Å². The average molecular weight is 270 g/mol. The SMILES string of the molecule is O[C@@H](CSC/C=C\c1ccccc1)c1ccccc1. The van der Waals surface area contributed by atoms with Crippen LogP contribution in [0.25, 0.3) is 6.08 Å². The van der Waals surface area contributed by atoms with Crippen LogP contribution in [-0.2, 0) is 0 Å². The van der Waals surface area contributed by atoms with Gasteiger partial charge in [0, 0.05) is 11.5 Å². The minimum absolute atomic E-state index is 0.378. The molecule has 1 nitrogen and oxygen atoms in total. The van der Waals surface area contributed by atoms with Crippen molar-refractivity contribution < 1.29 is 5.11 Å². The molecule has 2 heteroatoms. The van der Waals surface area contributed by atoms with Crippen LogP contribution >= 0.6 is 11.8 Å². The van der Waals surface area contributed by atoms with E-state index >= 15 is 0 Å². The van der Waals surface area contributed by atoms with Crippen molar-refractivity contribution in [2.24, 2.45) is 0 Å². The summed E-state index contributed by atoms with van der Waals surface area (Å²) in [6, 6.07) is 20.1. The van der Waals surface area contributed by atoms with E-state index in [0.29, 0.717) is 0 Å². The van der Waals surface area contributed by atoms with Crippen molar-refractivity contribution in [1.82, 2.24) is 0 Å². The number of rotatable bonds is 6. The summed E-state index contributed by atoms with van der Waals surface area (Å²) in [4.78, 5) is 0. The van der Waals surface area contributed by atoms with Crippen LogP contribution < -0.4 is 0 Å². The predicted octanol–water partition coefficient (Wildman–Crippen LogP) is 4.17. The molecule has 0 radical (unpaired) electrons. The van der Waals surface area contributed by atoms with Gasteiger partial charge in [-0.2, -0.15) is 11.8 Å². The van der Waals surface area contributed by atoms with Gasteiger partial charge in [-0.15, -0.1) is 0 Å². The van der Waals surface area contributed by atoms with Crippen LogP contribution in [0.4, 0.5) is 0 Å². The lowest BCUT2D eigenvalue weighted by Gasteiger charge is -2.09. The molecule has 0 saturated heterocycles. The largest absolute Gasteiger partial charge is 0.388 e. The maximum atomic E-state index is 9.99. The normalized spacial score (nSPS) is 12.7. The van der Waals surface area contributed by atoms with Crippen molar-refractivity contribution in [3.05, 3.63) is 77.9 Å². The molecule has 0 aliphatic carbocycles. The molecule has 0 fully saturated rings. The van der Waals surface area contributed by atoms with Crippen LogP contribution in [0.15, 0.2) is 66.7 Å². The van der Waals surface area contributed by atoms with E-state index in [-0.39, 0.29) is 6.10 Å². The fraction of sp³-hybridized carbons (Fsp3) is 0.176. The van der Waals surface area contributed by atoms with Gasteiger partial charge in [-0.1, -0.05) is 72.8 Å². The Bertz CT molecular complexity index is 493. The molecule has 0 heterocycles. The molecule has 98 valence electrons. The Morgan fingerprint density at radius 2 is 1.58 bits per heavy atom. The first-order chi connectivity index (χ1) is 9.36. The van der Waals surface area contributed by atoms with E-state index in [0.717, 1.165) is 17.1 Å². The highest BCUT2D eigenvalue weighted by atomic mass is 32.2. The summed E-state index contributed by atoms with van der Waals surface area (Å²) >= 11 is 1.74. The summed E-state index contributed by atoms with van der Waals surface area (Å²) in [5.41, 5.74) is 2.20. The highest BCUT2D eigenvalue weighted by molar-refractivity contribution is 7.99. The molecule has 0 unspecified atom stereocenters. The zero-order valence-electron chi connectivity index (χ0n) is 10.8. The third kappa shape index (κ3) is 4.93. The molecular formula is C17H18OS. The summed E-state index contributed by atoms with van der Waals surface area (Å²) in [6.07, 6.45) is 3.87.